The number of hydrogen-bond donors (Lipinski definition) is 3. The van der Waals surface area contributed by atoms with Crippen LogP contribution in [0.4, 0.5) is 4.79 Å². The first-order valence-corrected chi connectivity index (χ1v) is 12.3. The fourth-order valence-electron chi connectivity index (χ4n) is 3.88. The number of carbonyl (C=O) groups excluding carboxylic acids is 2. The maximum absolute atomic E-state index is 12.3. The van der Waals surface area contributed by atoms with Crippen LogP contribution in [0.2, 0.25) is 0 Å². The zero-order chi connectivity index (χ0) is 26.0. The molecule has 0 aliphatic carbocycles. The number of ether oxygens (including phenoxy) is 1. The van der Waals surface area contributed by atoms with E-state index in [0.717, 1.165) is 16.7 Å². The van der Waals surface area contributed by atoms with E-state index in [9.17, 15) is 14.7 Å². The maximum atomic E-state index is 12.3. The Bertz CT molecular complexity index is 1310. The number of benzene rings is 3. The van der Waals surface area contributed by atoms with Gasteiger partial charge in [0.2, 0.25) is 11.8 Å². The van der Waals surface area contributed by atoms with Gasteiger partial charge in [0, 0.05) is 13.0 Å². The summed E-state index contributed by atoms with van der Waals surface area (Å²) >= 11 is 0. The van der Waals surface area contributed by atoms with Crippen LogP contribution in [0.1, 0.15) is 37.3 Å². The van der Waals surface area contributed by atoms with Crippen molar-refractivity contribution in [2.45, 2.75) is 32.5 Å². The molecule has 8 heteroatoms. The van der Waals surface area contributed by atoms with Crippen molar-refractivity contribution in [1.29, 1.82) is 0 Å². The van der Waals surface area contributed by atoms with Crippen molar-refractivity contribution in [1.82, 2.24) is 15.6 Å². The first-order chi connectivity index (χ1) is 18.0. The van der Waals surface area contributed by atoms with Crippen LogP contribution in [0.25, 0.3) is 22.2 Å². The maximum Gasteiger partial charge on any atom is 0.407 e. The van der Waals surface area contributed by atoms with Gasteiger partial charge in [0.05, 0.1) is 6.54 Å². The predicted octanol–water partition coefficient (Wildman–Crippen LogP) is 4.99. The first kappa shape index (κ1) is 25.9. The number of nitrogens with zero attached hydrogens (tertiary/aromatic N) is 1. The number of alkyl carbamates (subject to hydrolysis) is 1. The third-order valence-corrected chi connectivity index (χ3v) is 5.94. The highest BCUT2D eigenvalue weighted by molar-refractivity contribution is 5.80. The van der Waals surface area contributed by atoms with Crippen LogP contribution in [0.15, 0.2) is 83.3 Å². The first-order valence-electron chi connectivity index (χ1n) is 12.3. The molecule has 0 saturated carbocycles. The summed E-state index contributed by atoms with van der Waals surface area (Å²) in [6.45, 7) is 2.53. The molecule has 1 aromatic heterocycles. The summed E-state index contributed by atoms with van der Waals surface area (Å²) in [4.78, 5) is 28.6. The van der Waals surface area contributed by atoms with Gasteiger partial charge in [0.15, 0.2) is 5.58 Å². The molecule has 2 atom stereocenters. The molecule has 0 bridgehead atoms. The number of aromatic nitrogens is 1. The number of nitrogens with one attached hydrogen (secondary N) is 2. The highest BCUT2D eigenvalue weighted by Gasteiger charge is 2.18. The number of hydrogen-bond acceptors (Lipinski definition) is 6. The lowest BCUT2D eigenvalue weighted by Gasteiger charge is -2.13. The summed E-state index contributed by atoms with van der Waals surface area (Å²) in [6.07, 6.45) is -0.669. The third-order valence-electron chi connectivity index (χ3n) is 5.94. The molecule has 0 spiro atoms. The zero-order valence-corrected chi connectivity index (χ0v) is 20.7. The highest BCUT2D eigenvalue weighted by atomic mass is 16.5. The second-order valence-corrected chi connectivity index (χ2v) is 9.01. The molecular formula is C29H31N3O5. The van der Waals surface area contributed by atoms with Gasteiger partial charge < -0.3 is 24.9 Å². The monoisotopic (exact) mass is 501 g/mol. The number of rotatable bonds is 11. The standard InChI is InChI=1S/C29H31N3O5/c1-20(14-15-30-29(35)36-19-21-8-4-2-5-9-21)16-27(34)31-18-25(33)28-32-24-17-23(12-13-26(24)37-28)22-10-6-3-7-11-22/h2-13,17,20,25,33H,14-16,18-19H2,1H3,(H,30,35)(H,31,34). The second-order valence-electron chi connectivity index (χ2n) is 9.01. The molecule has 0 aliphatic heterocycles. The molecule has 3 N–H and O–H groups in total. The Morgan fingerprint density at radius 3 is 2.46 bits per heavy atom. The Hall–Kier alpha value is -4.17. The molecule has 0 aliphatic rings. The zero-order valence-electron chi connectivity index (χ0n) is 20.7. The van der Waals surface area contributed by atoms with Crippen LogP contribution in [-0.4, -0.2) is 35.2 Å². The quantitative estimate of drug-likeness (QED) is 0.267. The van der Waals surface area contributed by atoms with Crippen LogP contribution >= 0.6 is 0 Å². The van der Waals surface area contributed by atoms with Gasteiger partial charge in [-0.1, -0.05) is 73.7 Å². The van der Waals surface area contributed by atoms with Gasteiger partial charge in [-0.05, 0) is 41.2 Å². The van der Waals surface area contributed by atoms with Crippen molar-refractivity contribution >= 4 is 23.1 Å². The molecule has 0 fully saturated rings. The van der Waals surface area contributed by atoms with Gasteiger partial charge in [-0.3, -0.25) is 4.79 Å². The summed E-state index contributed by atoms with van der Waals surface area (Å²) in [7, 11) is 0. The fourth-order valence-corrected chi connectivity index (χ4v) is 3.88. The van der Waals surface area contributed by atoms with E-state index in [2.05, 4.69) is 15.6 Å². The molecule has 3 aromatic carbocycles. The van der Waals surface area contributed by atoms with E-state index < -0.39 is 12.2 Å². The molecule has 0 saturated heterocycles. The molecule has 2 unspecified atom stereocenters. The lowest BCUT2D eigenvalue weighted by molar-refractivity contribution is -0.122. The van der Waals surface area contributed by atoms with Crippen molar-refractivity contribution in [2.75, 3.05) is 13.1 Å². The molecule has 192 valence electrons. The number of oxazole rings is 1. The van der Waals surface area contributed by atoms with E-state index in [1.807, 2.05) is 85.8 Å². The molecule has 4 aromatic rings. The minimum absolute atomic E-state index is 0.00597. The summed E-state index contributed by atoms with van der Waals surface area (Å²) < 4.78 is 10.9. The molecular weight excluding hydrogens is 470 g/mol. The Balaban J connectivity index is 1.17. The largest absolute Gasteiger partial charge is 0.445 e. The summed E-state index contributed by atoms with van der Waals surface area (Å²) in [5.41, 5.74) is 4.20. The van der Waals surface area contributed by atoms with Crippen LogP contribution in [0.3, 0.4) is 0 Å². The van der Waals surface area contributed by atoms with Crippen molar-refractivity contribution in [3.05, 3.63) is 90.3 Å². The smallest absolute Gasteiger partial charge is 0.407 e. The number of aliphatic hydroxyl groups is 1. The van der Waals surface area contributed by atoms with E-state index in [4.69, 9.17) is 9.15 Å². The van der Waals surface area contributed by atoms with E-state index in [1.54, 1.807) is 0 Å². The van der Waals surface area contributed by atoms with Crippen LogP contribution < -0.4 is 10.6 Å². The van der Waals surface area contributed by atoms with Gasteiger partial charge in [0.1, 0.15) is 18.2 Å². The van der Waals surface area contributed by atoms with Gasteiger partial charge in [-0.15, -0.1) is 0 Å². The SMILES string of the molecule is CC(CCNC(=O)OCc1ccccc1)CC(=O)NCC(O)c1nc2cc(-c3ccccc3)ccc2o1. The van der Waals surface area contributed by atoms with Gasteiger partial charge in [0.25, 0.3) is 0 Å². The van der Waals surface area contributed by atoms with E-state index >= 15 is 0 Å². The molecule has 1 heterocycles. The average Bonchev–Trinajstić information content (AvgIpc) is 3.35. The molecule has 8 nitrogen and oxygen atoms in total. The van der Waals surface area contributed by atoms with E-state index in [0.29, 0.717) is 24.1 Å². The second kappa shape index (κ2) is 12.7. The Morgan fingerprint density at radius 1 is 0.973 bits per heavy atom. The molecule has 37 heavy (non-hydrogen) atoms. The summed E-state index contributed by atoms with van der Waals surface area (Å²) in [6, 6.07) is 25.1. The van der Waals surface area contributed by atoms with Gasteiger partial charge in [-0.2, -0.15) is 0 Å². The topological polar surface area (TPSA) is 114 Å². The predicted molar refractivity (Wildman–Crippen MR) is 140 cm³/mol. The number of carbonyl (C=O) groups is 2. The lowest BCUT2D eigenvalue weighted by atomic mass is 10.0. The summed E-state index contributed by atoms with van der Waals surface area (Å²) in [5, 5.41) is 15.9. The minimum Gasteiger partial charge on any atom is -0.445 e. The Kier molecular flexibility index (Phi) is 8.89. The molecule has 0 radical (unpaired) electrons. The van der Waals surface area contributed by atoms with Crippen molar-refractivity contribution in [3.8, 4) is 11.1 Å². The molecule has 2 amide bonds. The Morgan fingerprint density at radius 2 is 1.70 bits per heavy atom. The van der Waals surface area contributed by atoms with Gasteiger partial charge >= 0.3 is 6.09 Å². The van der Waals surface area contributed by atoms with Crippen molar-refractivity contribution in [2.24, 2.45) is 5.92 Å². The molecule has 4 rings (SSSR count). The average molecular weight is 502 g/mol. The normalized spacial score (nSPS) is 12.6. The highest BCUT2D eigenvalue weighted by Crippen LogP contribution is 2.26. The fraction of sp³-hybridized carbons (Fsp3) is 0.276. The van der Waals surface area contributed by atoms with Crippen LogP contribution in [-0.2, 0) is 16.1 Å². The third kappa shape index (κ3) is 7.65. The lowest BCUT2D eigenvalue weighted by Crippen LogP contribution is -2.31. The Labute approximate surface area is 215 Å². The number of amides is 2. The van der Waals surface area contributed by atoms with Crippen LogP contribution in [0.5, 0.6) is 0 Å². The van der Waals surface area contributed by atoms with E-state index in [-0.39, 0.29) is 37.3 Å². The van der Waals surface area contributed by atoms with Gasteiger partial charge in [-0.25, -0.2) is 9.78 Å². The summed E-state index contributed by atoms with van der Waals surface area (Å²) in [5.74, 6) is -0.000228. The number of aliphatic hydroxyl groups excluding tert-OH is 1. The van der Waals surface area contributed by atoms with Crippen LogP contribution in [0, 0.1) is 5.92 Å². The van der Waals surface area contributed by atoms with E-state index in [1.165, 1.54) is 0 Å². The van der Waals surface area contributed by atoms with Crippen molar-refractivity contribution < 1.29 is 23.8 Å². The van der Waals surface area contributed by atoms with Crippen molar-refractivity contribution in [3.63, 3.8) is 0 Å². The minimum atomic E-state index is -1.06. The number of fused-ring (bicyclic) bond motifs is 1.